The summed E-state index contributed by atoms with van der Waals surface area (Å²) < 4.78 is 5.51. The Labute approximate surface area is 110 Å². The molecule has 0 aromatic carbocycles. The van der Waals surface area contributed by atoms with Crippen LogP contribution < -0.4 is 10.6 Å². The van der Waals surface area contributed by atoms with Gasteiger partial charge in [0.05, 0.1) is 12.6 Å². The summed E-state index contributed by atoms with van der Waals surface area (Å²) in [5.74, 6) is 0.592. The van der Waals surface area contributed by atoms with Crippen LogP contribution in [0.5, 0.6) is 0 Å². The first-order valence-corrected chi connectivity index (χ1v) is 6.78. The fourth-order valence-corrected chi connectivity index (χ4v) is 2.22. The number of hydrogen-bond donors (Lipinski definition) is 2. The van der Waals surface area contributed by atoms with Crippen molar-refractivity contribution < 1.29 is 4.42 Å². The lowest BCUT2D eigenvalue weighted by Gasteiger charge is -2.05. The third kappa shape index (κ3) is 3.27. The minimum absolute atomic E-state index is 0.0696. The molecule has 7 heteroatoms. The van der Waals surface area contributed by atoms with E-state index in [1.165, 1.54) is 0 Å². The summed E-state index contributed by atoms with van der Waals surface area (Å²) in [6, 6.07) is 0.503. The molecule has 2 aromatic rings. The van der Waals surface area contributed by atoms with Crippen LogP contribution in [0.25, 0.3) is 0 Å². The molecule has 0 bridgehead atoms. The van der Waals surface area contributed by atoms with Gasteiger partial charge in [-0.15, -0.1) is 16.4 Å². The number of aryl methyl sites for hydroxylation is 1. The second-order valence-corrected chi connectivity index (χ2v) is 4.90. The summed E-state index contributed by atoms with van der Waals surface area (Å²) in [5.41, 5.74) is 1.03. The maximum absolute atomic E-state index is 5.51. The van der Waals surface area contributed by atoms with Crippen LogP contribution in [0.3, 0.4) is 0 Å². The number of nitrogens with one attached hydrogen (secondary N) is 2. The lowest BCUT2D eigenvalue weighted by molar-refractivity contribution is 0.428. The maximum Gasteiger partial charge on any atom is 0.315 e. The molecular formula is C11H17N5OS. The second kappa shape index (κ2) is 5.92. The third-order valence-electron chi connectivity index (χ3n) is 2.38. The largest absolute Gasteiger partial charge is 0.406 e. The van der Waals surface area contributed by atoms with Crippen LogP contribution in [-0.4, -0.2) is 21.7 Å². The zero-order chi connectivity index (χ0) is 13.0. The standard InChI is InChI=1S/C11H17N5OS/c1-4-12-8(3)10-15-16-11(17-10)13-5-9-14-7(2)6-18-9/h6,8,12H,4-5H2,1-3H3,(H,13,16). The second-order valence-electron chi connectivity index (χ2n) is 3.96. The molecule has 98 valence electrons. The van der Waals surface area contributed by atoms with Crippen molar-refractivity contribution in [3.8, 4) is 0 Å². The van der Waals surface area contributed by atoms with Gasteiger partial charge in [-0.3, -0.25) is 0 Å². The van der Waals surface area contributed by atoms with Crippen molar-refractivity contribution in [1.29, 1.82) is 0 Å². The minimum Gasteiger partial charge on any atom is -0.406 e. The highest BCUT2D eigenvalue weighted by molar-refractivity contribution is 7.09. The molecule has 0 fully saturated rings. The zero-order valence-corrected chi connectivity index (χ0v) is 11.5. The normalized spacial score (nSPS) is 12.6. The van der Waals surface area contributed by atoms with Gasteiger partial charge in [-0.2, -0.15) is 0 Å². The number of anilines is 1. The molecule has 2 rings (SSSR count). The predicted molar refractivity (Wildman–Crippen MR) is 70.6 cm³/mol. The van der Waals surface area contributed by atoms with E-state index in [0.717, 1.165) is 17.2 Å². The van der Waals surface area contributed by atoms with Gasteiger partial charge in [0.25, 0.3) is 0 Å². The van der Waals surface area contributed by atoms with Crippen LogP contribution in [0.4, 0.5) is 6.01 Å². The minimum atomic E-state index is 0.0696. The fourth-order valence-electron chi connectivity index (χ4n) is 1.51. The summed E-state index contributed by atoms with van der Waals surface area (Å²) in [5, 5.41) is 17.3. The van der Waals surface area contributed by atoms with Crippen molar-refractivity contribution >= 4 is 17.4 Å². The van der Waals surface area contributed by atoms with Crippen LogP contribution in [0.15, 0.2) is 9.80 Å². The van der Waals surface area contributed by atoms with Crippen LogP contribution >= 0.6 is 11.3 Å². The van der Waals surface area contributed by atoms with Gasteiger partial charge < -0.3 is 15.1 Å². The number of hydrogen-bond acceptors (Lipinski definition) is 7. The summed E-state index contributed by atoms with van der Waals surface area (Å²) in [6.07, 6.45) is 0. The van der Waals surface area contributed by atoms with Gasteiger partial charge in [-0.1, -0.05) is 12.0 Å². The molecule has 6 nitrogen and oxygen atoms in total. The Hall–Kier alpha value is -1.47. The van der Waals surface area contributed by atoms with Gasteiger partial charge in [-0.05, 0) is 20.4 Å². The Morgan fingerprint density at radius 3 is 2.94 bits per heavy atom. The van der Waals surface area contributed by atoms with Crippen molar-refractivity contribution in [1.82, 2.24) is 20.5 Å². The first-order chi connectivity index (χ1) is 8.69. The van der Waals surface area contributed by atoms with Gasteiger partial charge in [0.1, 0.15) is 5.01 Å². The van der Waals surface area contributed by atoms with E-state index in [9.17, 15) is 0 Å². The van der Waals surface area contributed by atoms with Gasteiger partial charge in [0.15, 0.2) is 0 Å². The van der Waals surface area contributed by atoms with E-state index in [0.29, 0.717) is 18.5 Å². The van der Waals surface area contributed by atoms with E-state index < -0.39 is 0 Å². The fraction of sp³-hybridized carbons (Fsp3) is 0.545. The highest BCUT2D eigenvalue weighted by atomic mass is 32.1. The average molecular weight is 267 g/mol. The Balaban J connectivity index is 1.90. The van der Waals surface area contributed by atoms with Gasteiger partial charge in [0.2, 0.25) is 5.89 Å². The SMILES string of the molecule is CCNC(C)c1nnc(NCc2nc(C)cs2)o1. The molecule has 2 N–H and O–H groups in total. The first-order valence-electron chi connectivity index (χ1n) is 5.90. The molecule has 18 heavy (non-hydrogen) atoms. The smallest absolute Gasteiger partial charge is 0.315 e. The van der Waals surface area contributed by atoms with Crippen molar-refractivity contribution in [2.45, 2.75) is 33.4 Å². The molecule has 0 radical (unpaired) electrons. The lowest BCUT2D eigenvalue weighted by Crippen LogP contribution is -2.17. The summed E-state index contributed by atoms with van der Waals surface area (Å²) in [7, 11) is 0. The summed E-state index contributed by atoms with van der Waals surface area (Å²) >= 11 is 1.61. The molecule has 0 spiro atoms. The monoisotopic (exact) mass is 267 g/mol. The Morgan fingerprint density at radius 2 is 2.28 bits per heavy atom. The quantitative estimate of drug-likeness (QED) is 0.835. The molecule has 0 saturated heterocycles. The van der Waals surface area contributed by atoms with E-state index in [1.54, 1.807) is 11.3 Å². The first kappa shape index (κ1) is 13.0. The van der Waals surface area contributed by atoms with E-state index >= 15 is 0 Å². The molecule has 1 unspecified atom stereocenters. The van der Waals surface area contributed by atoms with Gasteiger partial charge in [0, 0.05) is 11.1 Å². The van der Waals surface area contributed by atoms with Gasteiger partial charge >= 0.3 is 6.01 Å². The van der Waals surface area contributed by atoms with Crippen molar-refractivity contribution in [3.63, 3.8) is 0 Å². The van der Waals surface area contributed by atoms with E-state index in [-0.39, 0.29) is 6.04 Å². The van der Waals surface area contributed by atoms with Crippen molar-refractivity contribution in [3.05, 3.63) is 22.0 Å². The molecule has 0 aliphatic heterocycles. The van der Waals surface area contributed by atoms with Crippen LogP contribution in [-0.2, 0) is 6.54 Å². The summed E-state index contributed by atoms with van der Waals surface area (Å²) in [4.78, 5) is 4.35. The molecular weight excluding hydrogens is 250 g/mol. The van der Waals surface area contributed by atoms with Crippen molar-refractivity contribution in [2.75, 3.05) is 11.9 Å². The predicted octanol–water partition coefficient (Wildman–Crippen LogP) is 2.12. The lowest BCUT2D eigenvalue weighted by atomic mass is 10.3. The van der Waals surface area contributed by atoms with Crippen LogP contribution in [0.1, 0.15) is 36.5 Å². The maximum atomic E-state index is 5.51. The Morgan fingerprint density at radius 1 is 1.44 bits per heavy atom. The molecule has 1 atom stereocenters. The third-order valence-corrected chi connectivity index (χ3v) is 3.35. The number of thiazole rings is 1. The van der Waals surface area contributed by atoms with Gasteiger partial charge in [-0.25, -0.2) is 4.98 Å². The van der Waals surface area contributed by atoms with Crippen LogP contribution in [0.2, 0.25) is 0 Å². The molecule has 2 heterocycles. The number of aromatic nitrogens is 3. The molecule has 0 amide bonds. The van der Waals surface area contributed by atoms with E-state index in [4.69, 9.17) is 4.42 Å². The van der Waals surface area contributed by atoms with E-state index in [1.807, 2.05) is 26.2 Å². The average Bonchev–Trinajstić information content (AvgIpc) is 2.95. The Bertz CT molecular complexity index is 495. The van der Waals surface area contributed by atoms with Crippen LogP contribution in [0, 0.1) is 6.92 Å². The number of rotatable bonds is 6. The zero-order valence-electron chi connectivity index (χ0n) is 10.7. The van der Waals surface area contributed by atoms with Crippen molar-refractivity contribution in [2.24, 2.45) is 0 Å². The number of nitrogens with zero attached hydrogens (tertiary/aromatic N) is 3. The Kier molecular flexibility index (Phi) is 4.27. The molecule has 0 saturated carbocycles. The molecule has 2 aromatic heterocycles. The molecule has 0 aliphatic carbocycles. The highest BCUT2D eigenvalue weighted by Crippen LogP contribution is 2.15. The topological polar surface area (TPSA) is 75.9 Å². The van der Waals surface area contributed by atoms with E-state index in [2.05, 4.69) is 25.8 Å². The molecule has 0 aliphatic rings. The highest BCUT2D eigenvalue weighted by Gasteiger charge is 2.12. The summed E-state index contributed by atoms with van der Waals surface area (Å²) in [6.45, 7) is 7.48.